The normalized spacial score (nSPS) is 10.2. The number of unbranched alkanes of at least 4 members (excludes halogenated alkanes) is 3. The number of nitrogens with zero attached hydrogens (tertiary/aromatic N) is 1. The lowest BCUT2D eigenvalue weighted by Gasteiger charge is -2.00. The number of anilines is 1. The Kier molecular flexibility index (Phi) is 4.81. The maximum Gasteiger partial charge on any atom is 0.164 e. The van der Waals surface area contributed by atoms with Crippen LogP contribution in [0.15, 0.2) is 18.3 Å². The second-order valence-corrected chi connectivity index (χ2v) is 3.71. The Bertz CT molecular complexity index is 306. The maximum atomic E-state index is 11.6. The summed E-state index contributed by atoms with van der Waals surface area (Å²) < 4.78 is 0. The predicted molar refractivity (Wildman–Crippen MR) is 61.7 cm³/mol. The van der Waals surface area contributed by atoms with Gasteiger partial charge in [-0.25, -0.2) is 4.98 Å². The van der Waals surface area contributed by atoms with Gasteiger partial charge in [0, 0.05) is 18.2 Å². The molecule has 0 saturated heterocycles. The summed E-state index contributed by atoms with van der Waals surface area (Å²) in [6, 6.07) is 3.41. The Morgan fingerprint density at radius 3 is 2.73 bits per heavy atom. The lowest BCUT2D eigenvalue weighted by atomic mass is 10.1. The number of nitrogens with two attached hydrogens (primary N) is 1. The van der Waals surface area contributed by atoms with Crippen molar-refractivity contribution in [2.45, 2.75) is 39.0 Å². The number of aromatic nitrogens is 1. The van der Waals surface area contributed by atoms with Crippen molar-refractivity contribution in [3.8, 4) is 0 Å². The van der Waals surface area contributed by atoms with E-state index >= 15 is 0 Å². The molecule has 1 heterocycles. The summed E-state index contributed by atoms with van der Waals surface area (Å²) in [5, 5.41) is 0. The quantitative estimate of drug-likeness (QED) is 0.575. The highest BCUT2D eigenvalue weighted by Gasteiger charge is 2.05. The fraction of sp³-hybridized carbons (Fsp3) is 0.500. The van der Waals surface area contributed by atoms with Gasteiger partial charge in [-0.3, -0.25) is 4.79 Å². The zero-order chi connectivity index (χ0) is 11.1. The van der Waals surface area contributed by atoms with Crippen LogP contribution in [0.1, 0.15) is 49.4 Å². The van der Waals surface area contributed by atoms with Crippen LogP contribution in [0.2, 0.25) is 0 Å². The van der Waals surface area contributed by atoms with Gasteiger partial charge in [0.25, 0.3) is 0 Å². The smallest absolute Gasteiger partial charge is 0.164 e. The third-order valence-electron chi connectivity index (χ3n) is 2.37. The molecular weight excluding hydrogens is 188 g/mol. The molecule has 3 heteroatoms. The lowest BCUT2D eigenvalue weighted by Crippen LogP contribution is -2.00. The first-order chi connectivity index (χ1) is 7.24. The fourth-order valence-electron chi connectivity index (χ4n) is 1.43. The number of ketones is 1. The van der Waals surface area contributed by atoms with Crippen molar-refractivity contribution < 1.29 is 4.79 Å². The summed E-state index contributed by atoms with van der Waals surface area (Å²) in [5.74, 6) is 0.621. The summed E-state index contributed by atoms with van der Waals surface area (Å²) in [6.07, 6.45) is 6.66. The van der Waals surface area contributed by atoms with E-state index < -0.39 is 0 Å². The van der Waals surface area contributed by atoms with Crippen LogP contribution in [0.4, 0.5) is 5.82 Å². The van der Waals surface area contributed by atoms with Crippen LogP contribution in [-0.4, -0.2) is 10.8 Å². The molecule has 0 unspecified atom stereocenters. The molecule has 0 aromatic carbocycles. The molecule has 0 saturated carbocycles. The number of nitrogen functional groups attached to an aromatic ring is 1. The zero-order valence-electron chi connectivity index (χ0n) is 9.20. The first-order valence-electron chi connectivity index (χ1n) is 5.48. The molecule has 1 aromatic heterocycles. The van der Waals surface area contributed by atoms with Gasteiger partial charge in [0.05, 0.1) is 0 Å². The standard InChI is InChI=1S/C12H18N2O/c1-2-3-4-5-6-11(15)10-7-8-12(13)14-9-10/h7-9H,2-6H2,1H3,(H2,13,14). The fourth-order valence-corrected chi connectivity index (χ4v) is 1.43. The number of rotatable bonds is 6. The van der Waals surface area contributed by atoms with Gasteiger partial charge in [0.2, 0.25) is 0 Å². The van der Waals surface area contributed by atoms with E-state index in [9.17, 15) is 4.79 Å². The average Bonchev–Trinajstić information content (AvgIpc) is 2.25. The number of hydrogen-bond donors (Lipinski definition) is 1. The molecular formula is C12H18N2O. The molecule has 0 aliphatic rings. The molecule has 0 fully saturated rings. The van der Waals surface area contributed by atoms with Crippen molar-refractivity contribution in [2.75, 3.05) is 5.73 Å². The Hall–Kier alpha value is -1.38. The van der Waals surface area contributed by atoms with Gasteiger partial charge in [0.1, 0.15) is 5.82 Å². The second-order valence-electron chi connectivity index (χ2n) is 3.71. The molecule has 0 aliphatic heterocycles. The molecule has 15 heavy (non-hydrogen) atoms. The van der Waals surface area contributed by atoms with E-state index in [1.54, 1.807) is 18.3 Å². The molecule has 1 rings (SSSR count). The van der Waals surface area contributed by atoms with Crippen molar-refractivity contribution in [1.29, 1.82) is 0 Å². The number of pyridine rings is 1. The maximum absolute atomic E-state index is 11.6. The van der Waals surface area contributed by atoms with Crippen LogP contribution in [0.5, 0.6) is 0 Å². The van der Waals surface area contributed by atoms with Gasteiger partial charge in [-0.05, 0) is 18.6 Å². The highest BCUT2D eigenvalue weighted by Crippen LogP contribution is 2.09. The SMILES string of the molecule is CCCCCCC(=O)c1ccc(N)nc1. The minimum absolute atomic E-state index is 0.165. The molecule has 0 aliphatic carbocycles. The third kappa shape index (κ3) is 4.11. The van der Waals surface area contributed by atoms with Gasteiger partial charge >= 0.3 is 0 Å². The van der Waals surface area contributed by atoms with Crippen LogP contribution in [0, 0.1) is 0 Å². The van der Waals surface area contributed by atoms with Gasteiger partial charge < -0.3 is 5.73 Å². The summed E-state index contributed by atoms with van der Waals surface area (Å²) >= 11 is 0. The van der Waals surface area contributed by atoms with Crippen molar-refractivity contribution >= 4 is 11.6 Å². The monoisotopic (exact) mass is 206 g/mol. The van der Waals surface area contributed by atoms with Gasteiger partial charge in [-0.2, -0.15) is 0 Å². The summed E-state index contributed by atoms with van der Waals surface area (Å²) in [6.45, 7) is 2.16. The Balaban J connectivity index is 2.37. The van der Waals surface area contributed by atoms with Crippen LogP contribution in [-0.2, 0) is 0 Å². The van der Waals surface area contributed by atoms with E-state index in [-0.39, 0.29) is 5.78 Å². The highest BCUT2D eigenvalue weighted by molar-refractivity contribution is 5.95. The molecule has 0 spiro atoms. The number of carbonyl (C=O) groups excluding carboxylic acids is 1. The zero-order valence-corrected chi connectivity index (χ0v) is 9.20. The summed E-state index contributed by atoms with van der Waals surface area (Å²) in [4.78, 5) is 15.5. The first-order valence-corrected chi connectivity index (χ1v) is 5.48. The molecule has 0 atom stereocenters. The van der Waals surface area contributed by atoms with Crippen molar-refractivity contribution in [2.24, 2.45) is 0 Å². The molecule has 82 valence electrons. The molecule has 2 N–H and O–H groups in total. The number of hydrogen-bond acceptors (Lipinski definition) is 3. The minimum Gasteiger partial charge on any atom is -0.384 e. The summed E-state index contributed by atoms with van der Waals surface area (Å²) in [7, 11) is 0. The average molecular weight is 206 g/mol. The lowest BCUT2D eigenvalue weighted by molar-refractivity contribution is 0.0979. The Morgan fingerprint density at radius 1 is 1.33 bits per heavy atom. The van der Waals surface area contributed by atoms with Crippen molar-refractivity contribution in [3.63, 3.8) is 0 Å². The van der Waals surface area contributed by atoms with E-state index in [1.807, 2.05) is 0 Å². The van der Waals surface area contributed by atoms with E-state index in [1.165, 1.54) is 12.8 Å². The minimum atomic E-state index is 0.165. The second kappa shape index (κ2) is 6.17. The van der Waals surface area contributed by atoms with Crippen LogP contribution in [0.3, 0.4) is 0 Å². The van der Waals surface area contributed by atoms with Gasteiger partial charge in [-0.1, -0.05) is 26.2 Å². The van der Waals surface area contributed by atoms with Crippen LogP contribution >= 0.6 is 0 Å². The van der Waals surface area contributed by atoms with E-state index in [0.29, 0.717) is 17.8 Å². The van der Waals surface area contributed by atoms with Gasteiger partial charge in [0.15, 0.2) is 5.78 Å². The molecule has 1 aromatic rings. The van der Waals surface area contributed by atoms with E-state index in [0.717, 1.165) is 12.8 Å². The molecule has 0 bridgehead atoms. The van der Waals surface area contributed by atoms with E-state index in [2.05, 4.69) is 11.9 Å². The largest absolute Gasteiger partial charge is 0.384 e. The van der Waals surface area contributed by atoms with Crippen molar-refractivity contribution in [3.05, 3.63) is 23.9 Å². The molecule has 3 nitrogen and oxygen atoms in total. The topological polar surface area (TPSA) is 56.0 Å². The molecule has 0 radical (unpaired) electrons. The molecule has 0 amide bonds. The number of Topliss-reactive ketones (excluding diaryl/α,β-unsaturated/α-hetero) is 1. The van der Waals surface area contributed by atoms with E-state index in [4.69, 9.17) is 5.73 Å². The highest BCUT2D eigenvalue weighted by atomic mass is 16.1. The van der Waals surface area contributed by atoms with Crippen LogP contribution in [0.25, 0.3) is 0 Å². The summed E-state index contributed by atoms with van der Waals surface area (Å²) in [5.41, 5.74) is 6.11. The Labute approximate surface area is 90.7 Å². The van der Waals surface area contributed by atoms with Crippen molar-refractivity contribution in [1.82, 2.24) is 4.98 Å². The van der Waals surface area contributed by atoms with Gasteiger partial charge in [-0.15, -0.1) is 0 Å². The predicted octanol–water partition coefficient (Wildman–Crippen LogP) is 2.82. The Morgan fingerprint density at radius 2 is 2.13 bits per heavy atom. The third-order valence-corrected chi connectivity index (χ3v) is 2.37. The first kappa shape index (κ1) is 11.7. The number of carbonyl (C=O) groups is 1. The van der Waals surface area contributed by atoms with Crippen LogP contribution < -0.4 is 5.73 Å².